The van der Waals surface area contributed by atoms with E-state index in [9.17, 15) is 5.21 Å². The molecule has 0 amide bonds. The summed E-state index contributed by atoms with van der Waals surface area (Å²) >= 11 is 0. The molecule has 0 bridgehead atoms. The van der Waals surface area contributed by atoms with Gasteiger partial charge in [-0.15, -0.1) is 5.26 Å². The molecule has 1 fully saturated rings. The summed E-state index contributed by atoms with van der Waals surface area (Å²) in [6.45, 7) is 4.22. The number of hydrogen-bond acceptors (Lipinski definition) is 3. The second-order valence-electron chi connectivity index (χ2n) is 2.94. The van der Waals surface area contributed by atoms with E-state index in [4.69, 9.17) is 10.00 Å². The zero-order valence-electron chi connectivity index (χ0n) is 6.78. The van der Waals surface area contributed by atoms with Gasteiger partial charge in [0.1, 0.15) is 18.7 Å². The fourth-order valence-electron chi connectivity index (χ4n) is 1.20. The SMILES string of the molecule is CC1OCC[N+]([O-])(C#N)C1C. The van der Waals surface area contributed by atoms with E-state index in [0.29, 0.717) is 6.61 Å². The van der Waals surface area contributed by atoms with Crippen molar-refractivity contribution in [2.45, 2.75) is 26.0 Å². The topological polar surface area (TPSA) is 56.1 Å². The summed E-state index contributed by atoms with van der Waals surface area (Å²) in [6, 6.07) is -0.270. The Morgan fingerprint density at radius 2 is 2.27 bits per heavy atom. The molecule has 0 radical (unpaired) electrons. The standard InChI is InChI=1S/C7H12N2O2/c1-6-7(2)11-4-3-9(6,10)5-8/h6-7H,3-4H2,1-2H3. The molecule has 11 heavy (non-hydrogen) atoms. The molecule has 4 nitrogen and oxygen atoms in total. The van der Waals surface area contributed by atoms with Crippen LogP contribution >= 0.6 is 0 Å². The maximum Gasteiger partial charge on any atom is 0.309 e. The van der Waals surface area contributed by atoms with Crippen LogP contribution in [0.1, 0.15) is 13.8 Å². The summed E-state index contributed by atoms with van der Waals surface area (Å²) in [5, 5.41) is 20.1. The largest absolute Gasteiger partial charge is 0.617 e. The second-order valence-corrected chi connectivity index (χ2v) is 2.94. The van der Waals surface area contributed by atoms with E-state index in [1.165, 1.54) is 0 Å². The van der Waals surface area contributed by atoms with Crippen molar-refractivity contribution in [2.24, 2.45) is 0 Å². The van der Waals surface area contributed by atoms with Crippen molar-refractivity contribution >= 4 is 0 Å². The Hall–Kier alpha value is -0.630. The van der Waals surface area contributed by atoms with E-state index < -0.39 is 4.65 Å². The minimum atomic E-state index is -0.777. The summed E-state index contributed by atoms with van der Waals surface area (Å²) < 4.78 is 4.44. The Kier molecular flexibility index (Phi) is 2.14. The molecule has 1 saturated heterocycles. The Labute approximate surface area is 66.1 Å². The molecule has 0 aromatic heterocycles. The van der Waals surface area contributed by atoms with Crippen LogP contribution < -0.4 is 0 Å². The third kappa shape index (κ3) is 1.36. The summed E-state index contributed by atoms with van der Waals surface area (Å²) in [4.78, 5) is 0. The van der Waals surface area contributed by atoms with Crippen LogP contribution in [0.3, 0.4) is 0 Å². The highest BCUT2D eigenvalue weighted by atomic mass is 16.6. The molecular formula is C7H12N2O2. The lowest BCUT2D eigenvalue weighted by Gasteiger charge is -2.44. The first-order valence-corrected chi connectivity index (χ1v) is 3.72. The van der Waals surface area contributed by atoms with Crippen molar-refractivity contribution < 1.29 is 9.38 Å². The monoisotopic (exact) mass is 156 g/mol. The van der Waals surface area contributed by atoms with Crippen LogP contribution in [0.25, 0.3) is 0 Å². The minimum Gasteiger partial charge on any atom is -0.617 e. The quantitative estimate of drug-likeness (QED) is 0.293. The maximum absolute atomic E-state index is 11.5. The molecule has 1 rings (SSSR count). The molecule has 0 aliphatic carbocycles. The first-order chi connectivity index (χ1) is 5.10. The number of hydrogen-bond donors (Lipinski definition) is 0. The first kappa shape index (κ1) is 8.47. The zero-order valence-corrected chi connectivity index (χ0v) is 6.78. The predicted molar refractivity (Wildman–Crippen MR) is 39.0 cm³/mol. The fourth-order valence-corrected chi connectivity index (χ4v) is 1.20. The maximum atomic E-state index is 11.5. The number of ether oxygens (including phenoxy) is 1. The molecule has 1 aliphatic heterocycles. The Balaban J connectivity index is 2.74. The molecule has 3 unspecified atom stereocenters. The van der Waals surface area contributed by atoms with Gasteiger partial charge in [0.05, 0.1) is 6.61 Å². The van der Waals surface area contributed by atoms with Crippen molar-refractivity contribution in [2.75, 3.05) is 13.2 Å². The van der Waals surface area contributed by atoms with Crippen molar-refractivity contribution in [3.8, 4) is 6.19 Å². The van der Waals surface area contributed by atoms with Gasteiger partial charge in [0, 0.05) is 0 Å². The number of nitriles is 1. The van der Waals surface area contributed by atoms with E-state index >= 15 is 0 Å². The van der Waals surface area contributed by atoms with E-state index in [2.05, 4.69) is 0 Å². The van der Waals surface area contributed by atoms with Crippen molar-refractivity contribution in [1.82, 2.24) is 0 Å². The van der Waals surface area contributed by atoms with Gasteiger partial charge in [0.2, 0.25) is 0 Å². The first-order valence-electron chi connectivity index (χ1n) is 3.72. The van der Waals surface area contributed by atoms with E-state index in [1.54, 1.807) is 13.1 Å². The average Bonchev–Trinajstić information content (AvgIpc) is 2.00. The van der Waals surface area contributed by atoms with Gasteiger partial charge in [0.15, 0.2) is 0 Å². The normalized spacial score (nSPS) is 44.9. The molecule has 0 N–H and O–H groups in total. The van der Waals surface area contributed by atoms with Gasteiger partial charge in [-0.1, -0.05) is 0 Å². The highest BCUT2D eigenvalue weighted by molar-refractivity contribution is 4.74. The number of rotatable bonds is 0. The average molecular weight is 156 g/mol. The molecule has 1 aliphatic rings. The Bertz CT molecular complexity index is 189. The summed E-state index contributed by atoms with van der Waals surface area (Å²) in [7, 11) is 0. The summed E-state index contributed by atoms with van der Waals surface area (Å²) in [5.41, 5.74) is 0. The highest BCUT2D eigenvalue weighted by Crippen LogP contribution is 2.19. The van der Waals surface area contributed by atoms with Crippen LogP contribution in [0.4, 0.5) is 0 Å². The van der Waals surface area contributed by atoms with Crippen LogP contribution in [0.5, 0.6) is 0 Å². The third-order valence-electron chi connectivity index (χ3n) is 2.31. The molecule has 4 heteroatoms. The highest BCUT2D eigenvalue weighted by Gasteiger charge is 2.35. The van der Waals surface area contributed by atoms with E-state index in [-0.39, 0.29) is 18.7 Å². The van der Waals surface area contributed by atoms with Gasteiger partial charge in [-0.2, -0.15) is 0 Å². The van der Waals surface area contributed by atoms with Crippen LogP contribution in [-0.2, 0) is 4.74 Å². The zero-order chi connectivity index (χ0) is 8.48. The van der Waals surface area contributed by atoms with E-state index in [0.717, 1.165) is 0 Å². The minimum absolute atomic E-state index is 0.110. The Morgan fingerprint density at radius 1 is 1.64 bits per heavy atom. The number of morpholine rings is 1. The van der Waals surface area contributed by atoms with Gasteiger partial charge in [-0.25, -0.2) is 0 Å². The van der Waals surface area contributed by atoms with Gasteiger partial charge in [0.25, 0.3) is 0 Å². The number of nitrogens with zero attached hydrogens (tertiary/aromatic N) is 2. The van der Waals surface area contributed by atoms with Gasteiger partial charge >= 0.3 is 6.19 Å². The van der Waals surface area contributed by atoms with Crippen LogP contribution in [0, 0.1) is 16.7 Å². The van der Waals surface area contributed by atoms with Crippen molar-refractivity contribution in [1.29, 1.82) is 5.26 Å². The molecule has 0 aromatic carbocycles. The van der Waals surface area contributed by atoms with E-state index in [1.807, 2.05) is 6.92 Å². The molecule has 0 aromatic rings. The fraction of sp³-hybridized carbons (Fsp3) is 0.857. The van der Waals surface area contributed by atoms with Crippen molar-refractivity contribution in [3.05, 3.63) is 5.21 Å². The van der Waals surface area contributed by atoms with Crippen LogP contribution in [0.15, 0.2) is 0 Å². The lowest BCUT2D eigenvalue weighted by molar-refractivity contribution is -0.854. The van der Waals surface area contributed by atoms with Crippen molar-refractivity contribution in [3.63, 3.8) is 0 Å². The summed E-state index contributed by atoms with van der Waals surface area (Å²) in [5.74, 6) is 0. The summed E-state index contributed by atoms with van der Waals surface area (Å²) in [6.07, 6.45) is 1.65. The Morgan fingerprint density at radius 3 is 2.73 bits per heavy atom. The third-order valence-corrected chi connectivity index (χ3v) is 2.31. The van der Waals surface area contributed by atoms with Gasteiger partial charge < -0.3 is 9.94 Å². The van der Waals surface area contributed by atoms with Crippen LogP contribution in [0.2, 0.25) is 0 Å². The molecule has 3 atom stereocenters. The number of hydroxylamine groups is 3. The molecule has 0 saturated carbocycles. The molecule has 0 spiro atoms. The van der Waals surface area contributed by atoms with Gasteiger partial charge in [-0.3, -0.25) is 4.65 Å². The molecular weight excluding hydrogens is 144 g/mol. The van der Waals surface area contributed by atoms with Crippen LogP contribution in [-0.4, -0.2) is 29.9 Å². The predicted octanol–water partition coefficient (Wildman–Crippen LogP) is 0.589. The molecule has 62 valence electrons. The lowest BCUT2D eigenvalue weighted by atomic mass is 10.1. The van der Waals surface area contributed by atoms with Gasteiger partial charge in [-0.05, 0) is 13.8 Å². The molecule has 1 heterocycles. The number of quaternary nitrogens is 1. The smallest absolute Gasteiger partial charge is 0.309 e. The lowest BCUT2D eigenvalue weighted by Crippen LogP contribution is -2.56. The second kappa shape index (κ2) is 2.78.